The summed E-state index contributed by atoms with van der Waals surface area (Å²) in [7, 11) is 0. The van der Waals surface area contributed by atoms with Crippen LogP contribution in [0.5, 0.6) is 0 Å². The molecule has 0 heterocycles. The second kappa shape index (κ2) is 5.12. The predicted molar refractivity (Wildman–Crippen MR) is 65.0 cm³/mol. The van der Waals surface area contributed by atoms with Crippen molar-refractivity contribution in [2.24, 2.45) is 0 Å². The lowest BCUT2D eigenvalue weighted by Gasteiger charge is -2.08. The highest BCUT2D eigenvalue weighted by molar-refractivity contribution is 5.94. The lowest BCUT2D eigenvalue weighted by atomic mass is 9.98. The lowest BCUT2D eigenvalue weighted by Crippen LogP contribution is -2.19. The molecule has 17 heavy (non-hydrogen) atoms. The van der Waals surface area contributed by atoms with Crippen LogP contribution in [0, 0.1) is 0 Å². The largest absolute Gasteiger partial charge is 0.545 e. The minimum absolute atomic E-state index is 0.659. The number of carbonyl (C=O) groups excluding carboxylic acids is 1. The van der Waals surface area contributed by atoms with E-state index in [1.54, 1.807) is 0 Å². The van der Waals surface area contributed by atoms with E-state index in [1.807, 2.05) is 60.7 Å². The van der Waals surface area contributed by atoms with E-state index in [4.69, 9.17) is 0 Å². The molecule has 0 aliphatic heterocycles. The Kier molecular flexibility index (Phi) is 3.36. The Labute approximate surface area is 99.8 Å². The maximum atomic E-state index is 10.8. The van der Waals surface area contributed by atoms with E-state index in [2.05, 4.69) is 0 Å². The lowest BCUT2D eigenvalue weighted by molar-refractivity contribution is -0.297. The summed E-state index contributed by atoms with van der Waals surface area (Å²) in [6.45, 7) is 0. The van der Waals surface area contributed by atoms with Gasteiger partial charge in [-0.1, -0.05) is 60.7 Å². The average molecular weight is 223 g/mol. The fraction of sp³-hybridized carbons (Fsp3) is 0. The van der Waals surface area contributed by atoms with Crippen LogP contribution in [0.3, 0.4) is 0 Å². The zero-order valence-corrected chi connectivity index (χ0v) is 9.17. The van der Waals surface area contributed by atoms with Crippen molar-refractivity contribution in [3.05, 3.63) is 77.9 Å². The van der Waals surface area contributed by atoms with Crippen molar-refractivity contribution in [3.8, 4) is 0 Å². The van der Waals surface area contributed by atoms with Crippen LogP contribution < -0.4 is 5.11 Å². The van der Waals surface area contributed by atoms with Crippen LogP contribution in [-0.2, 0) is 4.79 Å². The average Bonchev–Trinajstić information content (AvgIpc) is 2.38. The molecule has 2 nitrogen and oxygen atoms in total. The van der Waals surface area contributed by atoms with Crippen molar-refractivity contribution >= 4 is 11.5 Å². The molecule has 0 bridgehead atoms. The highest BCUT2D eigenvalue weighted by Gasteiger charge is 2.03. The van der Waals surface area contributed by atoms with Crippen molar-refractivity contribution in [2.45, 2.75) is 0 Å². The third-order valence-electron chi connectivity index (χ3n) is 2.43. The van der Waals surface area contributed by atoms with E-state index >= 15 is 0 Å². The molecule has 0 aromatic heterocycles. The topological polar surface area (TPSA) is 40.1 Å². The minimum Gasteiger partial charge on any atom is -0.545 e. The molecule has 0 saturated heterocycles. The Morgan fingerprint density at radius 2 is 1.24 bits per heavy atom. The molecule has 2 aromatic carbocycles. The zero-order chi connectivity index (χ0) is 12.1. The number of hydrogen-bond donors (Lipinski definition) is 0. The number of carbonyl (C=O) groups is 1. The van der Waals surface area contributed by atoms with Gasteiger partial charge in [0, 0.05) is 0 Å². The van der Waals surface area contributed by atoms with Gasteiger partial charge in [-0.2, -0.15) is 0 Å². The first-order valence-electron chi connectivity index (χ1n) is 5.31. The summed E-state index contributed by atoms with van der Waals surface area (Å²) < 4.78 is 0. The number of aliphatic carboxylic acids is 1. The highest BCUT2D eigenvalue weighted by atomic mass is 16.4. The van der Waals surface area contributed by atoms with Crippen LogP contribution in [0.15, 0.2) is 66.7 Å². The first-order chi connectivity index (χ1) is 8.27. The van der Waals surface area contributed by atoms with Crippen molar-refractivity contribution in [2.75, 3.05) is 0 Å². The van der Waals surface area contributed by atoms with E-state index in [9.17, 15) is 9.90 Å². The molecule has 0 aliphatic rings. The molecule has 0 unspecified atom stereocenters. The fourth-order valence-corrected chi connectivity index (χ4v) is 1.69. The van der Waals surface area contributed by atoms with Crippen molar-refractivity contribution in [3.63, 3.8) is 0 Å². The van der Waals surface area contributed by atoms with Crippen LogP contribution in [0.1, 0.15) is 11.1 Å². The van der Waals surface area contributed by atoms with E-state index < -0.39 is 5.97 Å². The van der Waals surface area contributed by atoms with Crippen LogP contribution in [0.2, 0.25) is 0 Å². The van der Waals surface area contributed by atoms with E-state index in [1.165, 1.54) is 0 Å². The third kappa shape index (κ3) is 2.82. The van der Waals surface area contributed by atoms with E-state index in [0.717, 1.165) is 17.2 Å². The number of carboxylic acid groups (broad SMARTS) is 1. The first kappa shape index (κ1) is 11.1. The Hall–Kier alpha value is -2.35. The molecular weight excluding hydrogens is 212 g/mol. The fourth-order valence-electron chi connectivity index (χ4n) is 1.69. The van der Waals surface area contributed by atoms with Gasteiger partial charge in [-0.15, -0.1) is 0 Å². The second-order valence-electron chi connectivity index (χ2n) is 3.61. The highest BCUT2D eigenvalue weighted by Crippen LogP contribution is 2.22. The first-order valence-corrected chi connectivity index (χ1v) is 5.31. The Bertz CT molecular complexity index is 486. The summed E-state index contributed by atoms with van der Waals surface area (Å²) in [5.74, 6) is -1.19. The summed E-state index contributed by atoms with van der Waals surface area (Å²) in [6, 6.07) is 18.8. The molecule has 0 radical (unpaired) electrons. The number of benzene rings is 2. The predicted octanol–water partition coefficient (Wildman–Crippen LogP) is 1.87. The molecule has 0 amide bonds. The Morgan fingerprint density at radius 3 is 1.59 bits per heavy atom. The molecule has 0 saturated carbocycles. The van der Waals surface area contributed by atoms with Crippen molar-refractivity contribution in [1.29, 1.82) is 0 Å². The van der Waals surface area contributed by atoms with Gasteiger partial charge in [0.05, 0.1) is 5.97 Å². The molecule has 84 valence electrons. The number of rotatable bonds is 3. The van der Waals surface area contributed by atoms with Crippen molar-refractivity contribution < 1.29 is 9.90 Å². The summed E-state index contributed by atoms with van der Waals surface area (Å²) in [5, 5.41) is 10.8. The van der Waals surface area contributed by atoms with Gasteiger partial charge in [0.25, 0.3) is 0 Å². The van der Waals surface area contributed by atoms with Crippen LogP contribution in [0.4, 0.5) is 0 Å². The second-order valence-corrected chi connectivity index (χ2v) is 3.61. The summed E-state index contributed by atoms with van der Waals surface area (Å²) in [5.41, 5.74) is 2.39. The van der Waals surface area contributed by atoms with Gasteiger partial charge in [0.1, 0.15) is 0 Å². The van der Waals surface area contributed by atoms with Crippen LogP contribution >= 0.6 is 0 Å². The van der Waals surface area contributed by atoms with Gasteiger partial charge in [-0.05, 0) is 22.8 Å². The molecule has 0 atom stereocenters. The van der Waals surface area contributed by atoms with Gasteiger partial charge in [0.2, 0.25) is 0 Å². The molecular formula is C15H11O2-. The monoisotopic (exact) mass is 223 g/mol. The summed E-state index contributed by atoms with van der Waals surface area (Å²) in [6.07, 6.45) is 1.13. The Morgan fingerprint density at radius 1 is 0.824 bits per heavy atom. The molecule has 2 aromatic rings. The van der Waals surface area contributed by atoms with Gasteiger partial charge >= 0.3 is 0 Å². The maximum Gasteiger partial charge on any atom is 0.0649 e. The van der Waals surface area contributed by atoms with Gasteiger partial charge in [-0.25, -0.2) is 0 Å². The SMILES string of the molecule is O=C([O-])C=C(c1ccccc1)c1ccccc1. The van der Waals surface area contributed by atoms with Crippen LogP contribution in [-0.4, -0.2) is 5.97 Å². The summed E-state index contributed by atoms with van der Waals surface area (Å²) >= 11 is 0. The molecule has 0 fully saturated rings. The van der Waals surface area contributed by atoms with E-state index in [0.29, 0.717) is 5.57 Å². The maximum absolute atomic E-state index is 10.8. The van der Waals surface area contributed by atoms with Crippen LogP contribution in [0.25, 0.3) is 5.57 Å². The minimum atomic E-state index is -1.19. The summed E-state index contributed by atoms with van der Waals surface area (Å²) in [4.78, 5) is 10.8. The molecule has 0 N–H and O–H groups in total. The number of carboxylic acids is 1. The third-order valence-corrected chi connectivity index (χ3v) is 2.43. The van der Waals surface area contributed by atoms with Gasteiger partial charge in [0.15, 0.2) is 0 Å². The molecule has 0 aliphatic carbocycles. The number of hydrogen-bond acceptors (Lipinski definition) is 2. The van der Waals surface area contributed by atoms with Gasteiger partial charge in [-0.3, -0.25) is 0 Å². The normalized spacial score (nSPS) is 9.65. The smallest absolute Gasteiger partial charge is 0.0649 e. The van der Waals surface area contributed by atoms with Gasteiger partial charge < -0.3 is 9.90 Å². The molecule has 2 rings (SSSR count). The molecule has 0 spiro atoms. The quantitative estimate of drug-likeness (QED) is 0.745. The molecule has 2 heteroatoms. The zero-order valence-electron chi connectivity index (χ0n) is 9.17. The standard InChI is InChI=1S/C15H12O2/c16-15(17)11-14(12-7-3-1-4-8-12)13-9-5-2-6-10-13/h1-11H,(H,16,17)/p-1. The van der Waals surface area contributed by atoms with Crippen molar-refractivity contribution in [1.82, 2.24) is 0 Å². The van der Waals surface area contributed by atoms with E-state index in [-0.39, 0.29) is 0 Å². The Balaban J connectivity index is 2.51.